The number of aromatic nitrogens is 2. The molecule has 34 heavy (non-hydrogen) atoms. The molecule has 2 aromatic heterocycles. The first-order valence-electron chi connectivity index (χ1n) is 11.7. The van der Waals surface area contributed by atoms with Crippen LogP contribution in [0.4, 0.5) is 11.4 Å². The van der Waals surface area contributed by atoms with Crippen LogP contribution in [0.5, 0.6) is 0 Å². The van der Waals surface area contributed by atoms with E-state index in [2.05, 4.69) is 42.8 Å². The summed E-state index contributed by atoms with van der Waals surface area (Å²) in [6.45, 7) is 0. The molecule has 2 aliphatic rings. The lowest BCUT2D eigenvalue weighted by molar-refractivity contribution is 0.340. The monoisotopic (exact) mass is 495 g/mol. The quantitative estimate of drug-likeness (QED) is 0.472. The summed E-state index contributed by atoms with van der Waals surface area (Å²) in [5, 5.41) is 4.14. The maximum atomic E-state index is 11.6. The molecule has 3 heterocycles. The highest BCUT2D eigenvalue weighted by Crippen LogP contribution is 2.43. The van der Waals surface area contributed by atoms with Crippen LogP contribution in [-0.2, 0) is 10.0 Å². The Hall–Kier alpha value is -2.91. The summed E-state index contributed by atoms with van der Waals surface area (Å²) in [5.41, 5.74) is 3.56. The first-order valence-corrected chi connectivity index (χ1v) is 14.0. The van der Waals surface area contributed by atoms with Gasteiger partial charge < -0.3 is 14.8 Å². The maximum absolute atomic E-state index is 11.6. The molecule has 0 spiro atoms. The Labute approximate surface area is 206 Å². The van der Waals surface area contributed by atoms with Crippen LogP contribution >= 0.6 is 12.2 Å². The molecule has 1 aromatic carbocycles. The molecule has 1 aliphatic carbocycles. The second kappa shape index (κ2) is 9.38. The fourth-order valence-electron chi connectivity index (χ4n) is 5.19. The number of anilines is 2. The molecule has 2 atom stereocenters. The van der Waals surface area contributed by atoms with E-state index in [4.69, 9.17) is 12.2 Å². The van der Waals surface area contributed by atoms with Gasteiger partial charge in [0.15, 0.2) is 5.11 Å². The Bertz CT molecular complexity index is 1250. The lowest BCUT2D eigenvalue weighted by atomic mass is 9.94. The molecule has 0 amide bonds. The van der Waals surface area contributed by atoms with Gasteiger partial charge in [-0.2, -0.15) is 0 Å². The van der Waals surface area contributed by atoms with Crippen LogP contribution in [0.25, 0.3) is 0 Å². The fraction of sp³-hybridized carbons (Fsp3) is 0.360. The van der Waals surface area contributed by atoms with Gasteiger partial charge >= 0.3 is 0 Å². The molecule has 2 N–H and O–H groups in total. The van der Waals surface area contributed by atoms with Gasteiger partial charge in [0.25, 0.3) is 0 Å². The van der Waals surface area contributed by atoms with E-state index < -0.39 is 10.0 Å². The number of nitrogens with zero attached hydrogens (tertiary/aromatic N) is 3. The molecule has 1 aliphatic heterocycles. The van der Waals surface area contributed by atoms with Crippen LogP contribution in [0.1, 0.15) is 61.6 Å². The third-order valence-electron chi connectivity index (χ3n) is 6.63. The summed E-state index contributed by atoms with van der Waals surface area (Å²) in [6.07, 6.45) is 11.3. The summed E-state index contributed by atoms with van der Waals surface area (Å²) in [6, 6.07) is 17.9. The van der Waals surface area contributed by atoms with Gasteiger partial charge in [0.2, 0.25) is 10.0 Å². The van der Waals surface area contributed by atoms with E-state index >= 15 is 0 Å². The summed E-state index contributed by atoms with van der Waals surface area (Å²) in [5.74, 6) is 0. The van der Waals surface area contributed by atoms with Crippen molar-refractivity contribution in [2.45, 2.75) is 50.2 Å². The summed E-state index contributed by atoms with van der Waals surface area (Å²) >= 11 is 5.84. The van der Waals surface area contributed by atoms with Gasteiger partial charge in [0.05, 0.1) is 18.0 Å². The second-order valence-corrected chi connectivity index (χ2v) is 11.2. The predicted molar refractivity (Wildman–Crippen MR) is 139 cm³/mol. The highest BCUT2D eigenvalue weighted by molar-refractivity contribution is 7.92. The van der Waals surface area contributed by atoms with Gasteiger partial charge in [-0.25, -0.2) is 8.42 Å². The molecule has 0 unspecified atom stereocenters. The second-order valence-electron chi connectivity index (χ2n) is 9.05. The molecule has 178 valence electrons. The minimum Gasteiger partial charge on any atom is -0.351 e. The number of rotatable bonds is 6. The number of nitrogens with one attached hydrogen (secondary N) is 2. The van der Waals surface area contributed by atoms with Crippen molar-refractivity contribution in [3.8, 4) is 0 Å². The van der Waals surface area contributed by atoms with Crippen molar-refractivity contribution in [2.24, 2.45) is 0 Å². The molecule has 0 radical (unpaired) electrons. The highest BCUT2D eigenvalue weighted by Gasteiger charge is 2.42. The lowest BCUT2D eigenvalue weighted by Crippen LogP contribution is -2.31. The molecule has 9 heteroatoms. The SMILES string of the molecule is CS(=O)(=O)Nc1ccc(N2C(=S)N[C@@H](c3ccccn3)[C@@H]2c2cccn2C2CCCCC2)cc1. The highest BCUT2D eigenvalue weighted by atomic mass is 32.2. The molecular formula is C25H29N5O2S2. The van der Waals surface area contributed by atoms with Crippen LogP contribution < -0.4 is 14.9 Å². The molecule has 0 bridgehead atoms. The van der Waals surface area contributed by atoms with E-state index in [0.717, 1.165) is 17.6 Å². The van der Waals surface area contributed by atoms with Crippen molar-refractivity contribution >= 4 is 38.7 Å². The van der Waals surface area contributed by atoms with E-state index in [0.29, 0.717) is 16.8 Å². The third kappa shape index (κ3) is 4.67. The summed E-state index contributed by atoms with van der Waals surface area (Å²) < 4.78 is 28.2. The minimum absolute atomic E-state index is 0.0898. The van der Waals surface area contributed by atoms with Crippen LogP contribution in [0.15, 0.2) is 67.0 Å². The van der Waals surface area contributed by atoms with E-state index in [1.165, 1.54) is 37.8 Å². The molecule has 7 nitrogen and oxygen atoms in total. The predicted octanol–water partition coefficient (Wildman–Crippen LogP) is 4.94. The fourth-order valence-corrected chi connectivity index (χ4v) is 6.10. The number of sulfonamides is 1. The molecule has 1 saturated heterocycles. The smallest absolute Gasteiger partial charge is 0.229 e. The van der Waals surface area contributed by atoms with Gasteiger partial charge in [-0.15, -0.1) is 0 Å². The zero-order valence-electron chi connectivity index (χ0n) is 19.1. The van der Waals surface area contributed by atoms with Gasteiger partial charge in [-0.1, -0.05) is 25.3 Å². The van der Waals surface area contributed by atoms with Crippen molar-refractivity contribution in [1.29, 1.82) is 0 Å². The third-order valence-corrected chi connectivity index (χ3v) is 7.55. The lowest BCUT2D eigenvalue weighted by Gasteiger charge is -2.32. The Kier molecular flexibility index (Phi) is 6.31. The largest absolute Gasteiger partial charge is 0.351 e. The molecule has 3 aromatic rings. The van der Waals surface area contributed by atoms with Crippen LogP contribution in [0.3, 0.4) is 0 Å². The van der Waals surface area contributed by atoms with E-state index in [1.54, 1.807) is 12.1 Å². The van der Waals surface area contributed by atoms with Crippen LogP contribution in [-0.4, -0.2) is 29.3 Å². The number of hydrogen-bond donors (Lipinski definition) is 2. The van der Waals surface area contributed by atoms with E-state index in [1.807, 2.05) is 36.5 Å². The number of benzene rings is 1. The van der Waals surface area contributed by atoms with Crippen LogP contribution in [0, 0.1) is 0 Å². The Morgan fingerprint density at radius 2 is 1.79 bits per heavy atom. The van der Waals surface area contributed by atoms with E-state index in [-0.39, 0.29) is 12.1 Å². The molecule has 2 fully saturated rings. The first-order chi connectivity index (χ1) is 16.4. The Balaban J connectivity index is 1.56. The molecule has 5 rings (SSSR count). The van der Waals surface area contributed by atoms with Gasteiger partial charge in [0.1, 0.15) is 6.04 Å². The summed E-state index contributed by atoms with van der Waals surface area (Å²) in [7, 11) is -3.34. The number of thiocarbonyl (C=S) groups is 1. The van der Waals surface area contributed by atoms with Crippen LogP contribution in [0.2, 0.25) is 0 Å². The van der Waals surface area contributed by atoms with Gasteiger partial charge in [-0.3, -0.25) is 9.71 Å². The Morgan fingerprint density at radius 3 is 2.47 bits per heavy atom. The topological polar surface area (TPSA) is 79.3 Å². The van der Waals surface area contributed by atoms with Crippen molar-refractivity contribution < 1.29 is 8.42 Å². The van der Waals surface area contributed by atoms with Crippen molar-refractivity contribution in [3.63, 3.8) is 0 Å². The Morgan fingerprint density at radius 1 is 1.03 bits per heavy atom. The normalized spacial score (nSPS) is 21.4. The molecule has 1 saturated carbocycles. The standard InChI is InChI=1S/C25H29N5O2S2/c1-34(31,32)28-18-12-14-20(15-13-18)30-24(23(27-25(30)33)21-10-5-6-16-26-21)22-11-7-17-29(22)19-8-3-2-4-9-19/h5-7,10-17,19,23-24,28H,2-4,8-9H2,1H3,(H,27,33)/t23-,24-/m0/s1. The minimum atomic E-state index is -3.34. The van der Waals surface area contributed by atoms with Crippen molar-refractivity contribution in [2.75, 3.05) is 15.9 Å². The van der Waals surface area contributed by atoms with Gasteiger partial charge in [-0.05, 0) is 73.6 Å². The van der Waals surface area contributed by atoms with Crippen molar-refractivity contribution in [1.82, 2.24) is 14.9 Å². The average Bonchev–Trinajstić information content (AvgIpc) is 3.44. The number of hydrogen-bond acceptors (Lipinski definition) is 4. The summed E-state index contributed by atoms with van der Waals surface area (Å²) in [4.78, 5) is 6.78. The van der Waals surface area contributed by atoms with Gasteiger partial charge in [0, 0.05) is 35.5 Å². The van der Waals surface area contributed by atoms with E-state index in [9.17, 15) is 8.42 Å². The zero-order valence-corrected chi connectivity index (χ0v) is 20.7. The number of pyridine rings is 1. The average molecular weight is 496 g/mol. The first kappa shape index (κ1) is 22.9. The molecular weight excluding hydrogens is 466 g/mol. The zero-order chi connectivity index (χ0) is 23.7. The maximum Gasteiger partial charge on any atom is 0.229 e. The van der Waals surface area contributed by atoms with Crippen molar-refractivity contribution in [3.05, 3.63) is 78.4 Å².